The first kappa shape index (κ1) is 11.1. The molecule has 2 unspecified atom stereocenters. The van der Waals surface area contributed by atoms with Gasteiger partial charge in [-0.25, -0.2) is 0 Å². The maximum atomic E-state index is 9.48. The Labute approximate surface area is 94.1 Å². The van der Waals surface area contributed by atoms with E-state index in [1.165, 1.54) is 0 Å². The summed E-state index contributed by atoms with van der Waals surface area (Å²) < 4.78 is 0. The van der Waals surface area contributed by atoms with Gasteiger partial charge in [-0.3, -0.25) is 0 Å². The fraction of sp³-hybridized carbons (Fsp3) is 0.231. The van der Waals surface area contributed by atoms with Crippen LogP contribution in [-0.4, -0.2) is 22.9 Å². The van der Waals surface area contributed by atoms with E-state index in [1.807, 2.05) is 42.5 Å². The molecule has 0 radical (unpaired) electrons. The highest BCUT2D eigenvalue weighted by Crippen LogP contribution is 2.20. The maximum Gasteiger partial charge on any atom is 0.0962 e. The van der Waals surface area contributed by atoms with Crippen molar-refractivity contribution >= 4 is 10.8 Å². The molecule has 3 heteroatoms. The summed E-state index contributed by atoms with van der Waals surface area (Å²) in [5.41, 5.74) is 6.66. The Balaban J connectivity index is 2.39. The van der Waals surface area contributed by atoms with Crippen molar-refractivity contribution in [1.82, 2.24) is 0 Å². The Morgan fingerprint density at radius 3 is 2.44 bits per heavy atom. The third-order valence-corrected chi connectivity index (χ3v) is 2.76. The van der Waals surface area contributed by atoms with Crippen LogP contribution in [0.25, 0.3) is 10.8 Å². The van der Waals surface area contributed by atoms with Gasteiger partial charge < -0.3 is 15.9 Å². The Kier molecular flexibility index (Phi) is 3.19. The molecule has 0 saturated carbocycles. The van der Waals surface area contributed by atoms with Gasteiger partial charge in [0.15, 0.2) is 0 Å². The molecule has 0 saturated heterocycles. The zero-order chi connectivity index (χ0) is 11.5. The summed E-state index contributed by atoms with van der Waals surface area (Å²) in [6.07, 6.45) is -0.916. The van der Waals surface area contributed by atoms with Gasteiger partial charge in [0.2, 0.25) is 0 Å². The van der Waals surface area contributed by atoms with E-state index in [0.717, 1.165) is 16.3 Å². The first-order valence-corrected chi connectivity index (χ1v) is 5.25. The topological polar surface area (TPSA) is 66.5 Å². The van der Waals surface area contributed by atoms with Crippen LogP contribution >= 0.6 is 0 Å². The highest BCUT2D eigenvalue weighted by atomic mass is 16.3. The molecule has 2 aromatic rings. The second kappa shape index (κ2) is 4.61. The van der Waals surface area contributed by atoms with Gasteiger partial charge in [0, 0.05) is 0 Å². The normalized spacial score (nSPS) is 14.9. The molecule has 2 rings (SSSR count). The molecular weight excluding hydrogens is 202 g/mol. The fourth-order valence-electron chi connectivity index (χ4n) is 1.75. The summed E-state index contributed by atoms with van der Waals surface area (Å²) in [7, 11) is 0. The van der Waals surface area contributed by atoms with E-state index in [0.29, 0.717) is 0 Å². The molecule has 0 amide bonds. The summed E-state index contributed by atoms with van der Waals surface area (Å²) in [6.45, 7) is -0.325. The highest BCUT2D eigenvalue weighted by molar-refractivity contribution is 5.83. The summed E-state index contributed by atoms with van der Waals surface area (Å²) in [5, 5.41) is 20.5. The van der Waals surface area contributed by atoms with Crippen molar-refractivity contribution < 1.29 is 10.2 Å². The minimum absolute atomic E-state index is 0.325. The molecular formula is C13H15NO2. The lowest BCUT2D eigenvalue weighted by molar-refractivity contribution is 0.0741. The van der Waals surface area contributed by atoms with Crippen LogP contribution in [0.2, 0.25) is 0 Å². The number of rotatable bonds is 3. The van der Waals surface area contributed by atoms with Crippen LogP contribution in [0, 0.1) is 0 Å². The molecule has 4 N–H and O–H groups in total. The van der Waals surface area contributed by atoms with Gasteiger partial charge in [0.05, 0.1) is 18.8 Å². The average molecular weight is 217 g/mol. The van der Waals surface area contributed by atoms with Gasteiger partial charge in [0.25, 0.3) is 0 Å². The molecule has 16 heavy (non-hydrogen) atoms. The third kappa shape index (κ3) is 2.07. The summed E-state index contributed by atoms with van der Waals surface area (Å²) in [4.78, 5) is 0. The van der Waals surface area contributed by atoms with E-state index >= 15 is 0 Å². The smallest absolute Gasteiger partial charge is 0.0962 e. The van der Waals surface area contributed by atoms with Crippen molar-refractivity contribution in [2.45, 2.75) is 12.1 Å². The van der Waals surface area contributed by atoms with Crippen LogP contribution in [0.1, 0.15) is 11.6 Å². The first-order valence-electron chi connectivity index (χ1n) is 5.25. The van der Waals surface area contributed by atoms with Gasteiger partial charge in [-0.2, -0.15) is 0 Å². The van der Waals surface area contributed by atoms with Gasteiger partial charge >= 0.3 is 0 Å². The van der Waals surface area contributed by atoms with Crippen LogP contribution in [0.3, 0.4) is 0 Å². The molecule has 0 aromatic heterocycles. The minimum atomic E-state index is -0.916. The third-order valence-electron chi connectivity index (χ3n) is 2.76. The van der Waals surface area contributed by atoms with Crippen LogP contribution in [0.4, 0.5) is 0 Å². The summed E-state index contributed by atoms with van der Waals surface area (Å²) in [5.74, 6) is 0. The van der Waals surface area contributed by atoms with Crippen molar-refractivity contribution in [2.24, 2.45) is 5.73 Å². The predicted octanol–water partition coefficient (Wildman–Crippen LogP) is 1.19. The van der Waals surface area contributed by atoms with E-state index in [9.17, 15) is 5.11 Å². The van der Waals surface area contributed by atoms with Crippen molar-refractivity contribution in [2.75, 3.05) is 6.61 Å². The molecule has 2 atom stereocenters. The Bertz CT molecular complexity index is 484. The van der Waals surface area contributed by atoms with E-state index in [-0.39, 0.29) is 6.61 Å². The number of benzene rings is 2. The van der Waals surface area contributed by atoms with Crippen molar-refractivity contribution in [3.63, 3.8) is 0 Å². The summed E-state index contributed by atoms with van der Waals surface area (Å²) in [6, 6.07) is 13.2. The van der Waals surface area contributed by atoms with Crippen molar-refractivity contribution in [3.8, 4) is 0 Å². The lowest BCUT2D eigenvalue weighted by Crippen LogP contribution is -2.29. The quantitative estimate of drug-likeness (QED) is 0.723. The molecule has 2 aromatic carbocycles. The van der Waals surface area contributed by atoms with E-state index in [2.05, 4.69) is 0 Å². The number of fused-ring (bicyclic) bond motifs is 1. The van der Waals surface area contributed by atoms with E-state index in [4.69, 9.17) is 10.8 Å². The Hall–Kier alpha value is -1.42. The second-order valence-corrected chi connectivity index (χ2v) is 3.88. The largest absolute Gasteiger partial charge is 0.394 e. The number of aliphatic hydroxyl groups excluding tert-OH is 2. The number of aliphatic hydroxyl groups is 2. The predicted molar refractivity (Wildman–Crippen MR) is 64.0 cm³/mol. The SMILES string of the molecule is NC(c1ccc2ccccc2c1)C(O)CO. The monoisotopic (exact) mass is 217 g/mol. The highest BCUT2D eigenvalue weighted by Gasteiger charge is 2.15. The maximum absolute atomic E-state index is 9.48. The Morgan fingerprint density at radius 2 is 1.75 bits per heavy atom. The molecule has 0 aliphatic heterocycles. The van der Waals surface area contributed by atoms with Crippen LogP contribution in [0.5, 0.6) is 0 Å². The zero-order valence-corrected chi connectivity index (χ0v) is 8.88. The lowest BCUT2D eigenvalue weighted by atomic mass is 9.99. The molecule has 0 aliphatic carbocycles. The van der Waals surface area contributed by atoms with Gasteiger partial charge in [-0.15, -0.1) is 0 Å². The standard InChI is InChI=1S/C13H15NO2/c14-13(12(16)8-15)11-6-5-9-3-1-2-4-10(9)7-11/h1-7,12-13,15-16H,8,14H2. The first-order chi connectivity index (χ1) is 7.72. The Morgan fingerprint density at radius 1 is 1.06 bits per heavy atom. The summed E-state index contributed by atoms with van der Waals surface area (Å²) >= 11 is 0. The van der Waals surface area contributed by atoms with Gasteiger partial charge in [-0.05, 0) is 22.4 Å². The number of nitrogens with two attached hydrogens (primary N) is 1. The van der Waals surface area contributed by atoms with Crippen LogP contribution in [0.15, 0.2) is 42.5 Å². The number of hydrogen-bond acceptors (Lipinski definition) is 3. The van der Waals surface area contributed by atoms with Crippen molar-refractivity contribution in [1.29, 1.82) is 0 Å². The molecule has 0 fully saturated rings. The lowest BCUT2D eigenvalue weighted by Gasteiger charge is -2.17. The number of hydrogen-bond donors (Lipinski definition) is 3. The average Bonchev–Trinajstić information content (AvgIpc) is 2.36. The molecule has 84 valence electrons. The zero-order valence-electron chi connectivity index (χ0n) is 8.88. The van der Waals surface area contributed by atoms with Crippen LogP contribution in [-0.2, 0) is 0 Å². The molecule has 0 spiro atoms. The van der Waals surface area contributed by atoms with E-state index in [1.54, 1.807) is 0 Å². The molecule has 0 heterocycles. The van der Waals surface area contributed by atoms with Gasteiger partial charge in [0.1, 0.15) is 0 Å². The molecule has 3 nitrogen and oxygen atoms in total. The van der Waals surface area contributed by atoms with Gasteiger partial charge in [-0.1, -0.05) is 36.4 Å². The molecule has 0 bridgehead atoms. The van der Waals surface area contributed by atoms with Crippen LogP contribution < -0.4 is 5.73 Å². The second-order valence-electron chi connectivity index (χ2n) is 3.88. The van der Waals surface area contributed by atoms with Crippen molar-refractivity contribution in [3.05, 3.63) is 48.0 Å². The fourth-order valence-corrected chi connectivity index (χ4v) is 1.75. The minimum Gasteiger partial charge on any atom is -0.394 e. The van der Waals surface area contributed by atoms with E-state index < -0.39 is 12.1 Å². The molecule has 0 aliphatic rings.